The Morgan fingerprint density at radius 1 is 1.37 bits per heavy atom. The van der Waals surface area contributed by atoms with Crippen molar-refractivity contribution in [3.05, 3.63) is 16.1 Å². The molecule has 0 amide bonds. The summed E-state index contributed by atoms with van der Waals surface area (Å²) in [5.74, 6) is 2.64. The van der Waals surface area contributed by atoms with Crippen LogP contribution in [-0.4, -0.2) is 11.5 Å². The second kappa shape index (κ2) is 6.67. The smallest absolute Gasteiger partial charge is 0.147 e. The van der Waals surface area contributed by atoms with Gasteiger partial charge in [0, 0.05) is 6.54 Å². The van der Waals surface area contributed by atoms with E-state index in [0.717, 1.165) is 24.8 Å². The first-order valence-corrected chi connectivity index (χ1v) is 7.67. The molecule has 1 aliphatic rings. The number of hydrogen-bond donors (Lipinski definition) is 2. The van der Waals surface area contributed by atoms with E-state index in [1.807, 2.05) is 0 Å². The zero-order valence-corrected chi connectivity index (χ0v) is 12.8. The van der Waals surface area contributed by atoms with Crippen LogP contribution >= 0.6 is 23.2 Å². The highest BCUT2D eigenvalue weighted by Gasteiger charge is 2.18. The summed E-state index contributed by atoms with van der Waals surface area (Å²) in [5, 5.41) is 4.19. The van der Waals surface area contributed by atoms with Gasteiger partial charge in [-0.15, -0.1) is 0 Å². The highest BCUT2D eigenvalue weighted by molar-refractivity contribution is 6.37. The maximum atomic E-state index is 6.08. The van der Waals surface area contributed by atoms with Crippen molar-refractivity contribution < 1.29 is 0 Å². The van der Waals surface area contributed by atoms with Crippen molar-refractivity contribution in [2.75, 3.05) is 17.6 Å². The first-order chi connectivity index (χ1) is 9.06. The fraction of sp³-hybridized carbons (Fsp3) is 0.643. The lowest BCUT2D eigenvalue weighted by Crippen LogP contribution is -2.17. The third kappa shape index (κ3) is 4.15. The summed E-state index contributed by atoms with van der Waals surface area (Å²) in [6.45, 7) is 3.23. The molecule has 3 N–H and O–H groups in total. The summed E-state index contributed by atoms with van der Waals surface area (Å²) >= 11 is 11.9. The molecule has 0 aliphatic heterocycles. The van der Waals surface area contributed by atoms with Crippen LogP contribution in [0.3, 0.4) is 0 Å². The molecule has 1 heterocycles. The topological polar surface area (TPSA) is 50.9 Å². The molecule has 2 unspecified atom stereocenters. The molecule has 2 rings (SSSR count). The third-order valence-electron chi connectivity index (χ3n) is 3.85. The molecule has 0 saturated heterocycles. The summed E-state index contributed by atoms with van der Waals surface area (Å²) in [6, 6.07) is 1.64. The lowest BCUT2D eigenvalue weighted by atomic mass is 9.81. The fourth-order valence-electron chi connectivity index (χ4n) is 2.82. The fourth-order valence-corrected chi connectivity index (χ4v) is 3.25. The van der Waals surface area contributed by atoms with Gasteiger partial charge in [-0.2, -0.15) is 0 Å². The molecular formula is C14H21Cl2N3. The van der Waals surface area contributed by atoms with E-state index < -0.39 is 0 Å². The Morgan fingerprint density at radius 3 is 2.89 bits per heavy atom. The molecule has 0 spiro atoms. The number of nitrogens with two attached hydrogens (primary N) is 1. The first-order valence-electron chi connectivity index (χ1n) is 6.91. The number of nitrogens with zero attached hydrogens (tertiary/aromatic N) is 1. The van der Waals surface area contributed by atoms with Crippen molar-refractivity contribution in [2.24, 2.45) is 11.8 Å². The number of hydrogen-bond acceptors (Lipinski definition) is 3. The summed E-state index contributed by atoms with van der Waals surface area (Å²) in [7, 11) is 0. The average Bonchev–Trinajstić information content (AvgIpc) is 2.35. The maximum absolute atomic E-state index is 6.08. The summed E-state index contributed by atoms with van der Waals surface area (Å²) in [5.41, 5.74) is 5.68. The van der Waals surface area contributed by atoms with Crippen LogP contribution in [0.4, 0.5) is 11.6 Å². The Balaban J connectivity index is 1.84. The van der Waals surface area contributed by atoms with E-state index in [4.69, 9.17) is 28.9 Å². The van der Waals surface area contributed by atoms with Crippen LogP contribution in [0, 0.1) is 11.8 Å². The molecule has 2 atom stereocenters. The van der Waals surface area contributed by atoms with Crippen molar-refractivity contribution in [3.8, 4) is 0 Å². The number of halogens is 2. The number of anilines is 2. The molecule has 0 bridgehead atoms. The minimum Gasteiger partial charge on any atom is -0.382 e. The van der Waals surface area contributed by atoms with Crippen molar-refractivity contribution in [1.29, 1.82) is 0 Å². The van der Waals surface area contributed by atoms with Gasteiger partial charge in [0.2, 0.25) is 0 Å². The van der Waals surface area contributed by atoms with Crippen LogP contribution in [-0.2, 0) is 0 Å². The normalized spacial score (nSPS) is 23.3. The van der Waals surface area contributed by atoms with Gasteiger partial charge in [0.25, 0.3) is 0 Å². The van der Waals surface area contributed by atoms with Crippen molar-refractivity contribution in [1.82, 2.24) is 4.98 Å². The molecule has 0 radical (unpaired) electrons. The van der Waals surface area contributed by atoms with Gasteiger partial charge in [-0.25, -0.2) is 4.98 Å². The van der Waals surface area contributed by atoms with Gasteiger partial charge < -0.3 is 11.1 Å². The largest absolute Gasteiger partial charge is 0.382 e. The molecular weight excluding hydrogens is 281 g/mol. The standard InChI is InChI=1S/C14H21Cl2N3/c1-9-3-2-4-10(7-9)5-6-18-14-12(16)8-11(15)13(17)19-14/h8-10H,2-7H2,1H3,(H3,17,18,19). The van der Waals surface area contributed by atoms with E-state index in [9.17, 15) is 0 Å². The average molecular weight is 302 g/mol. The predicted molar refractivity (Wildman–Crippen MR) is 82.9 cm³/mol. The summed E-state index contributed by atoms with van der Waals surface area (Å²) in [4.78, 5) is 4.17. The van der Waals surface area contributed by atoms with Crippen LogP contribution in [0.25, 0.3) is 0 Å². The Hall–Kier alpha value is -0.670. The first kappa shape index (κ1) is 14.7. The molecule has 0 aromatic carbocycles. The third-order valence-corrected chi connectivity index (χ3v) is 4.44. The van der Waals surface area contributed by atoms with Gasteiger partial charge in [-0.05, 0) is 30.7 Å². The van der Waals surface area contributed by atoms with E-state index in [1.165, 1.54) is 25.7 Å². The zero-order valence-electron chi connectivity index (χ0n) is 11.3. The molecule has 1 aromatic rings. The van der Waals surface area contributed by atoms with E-state index in [1.54, 1.807) is 6.07 Å². The highest BCUT2D eigenvalue weighted by atomic mass is 35.5. The van der Waals surface area contributed by atoms with Crippen molar-refractivity contribution >= 4 is 34.8 Å². The zero-order chi connectivity index (χ0) is 13.8. The van der Waals surface area contributed by atoms with E-state index in [-0.39, 0.29) is 0 Å². The molecule has 106 valence electrons. The number of nitrogen functional groups attached to an aromatic ring is 1. The second-order valence-corrected chi connectivity index (χ2v) is 6.35. The molecule has 3 nitrogen and oxygen atoms in total. The molecule has 1 aliphatic carbocycles. The van der Waals surface area contributed by atoms with E-state index in [2.05, 4.69) is 17.2 Å². The lowest BCUT2D eigenvalue weighted by Gasteiger charge is -2.26. The van der Waals surface area contributed by atoms with Gasteiger partial charge in [-0.3, -0.25) is 0 Å². The Bertz CT molecular complexity index is 437. The Morgan fingerprint density at radius 2 is 2.16 bits per heavy atom. The SMILES string of the molecule is CC1CCCC(CCNc2nc(N)c(Cl)cc2Cl)C1. The number of pyridine rings is 1. The molecule has 5 heteroatoms. The highest BCUT2D eigenvalue weighted by Crippen LogP contribution is 2.31. The van der Waals surface area contributed by atoms with Gasteiger partial charge in [0.1, 0.15) is 11.6 Å². The van der Waals surface area contributed by atoms with Gasteiger partial charge in [0.05, 0.1) is 10.0 Å². The van der Waals surface area contributed by atoms with Gasteiger partial charge in [-0.1, -0.05) is 49.4 Å². The summed E-state index contributed by atoms with van der Waals surface area (Å²) < 4.78 is 0. The maximum Gasteiger partial charge on any atom is 0.147 e. The number of nitrogens with one attached hydrogen (secondary N) is 1. The van der Waals surface area contributed by atoms with E-state index >= 15 is 0 Å². The quantitative estimate of drug-likeness (QED) is 0.854. The minimum atomic E-state index is 0.319. The van der Waals surface area contributed by atoms with Gasteiger partial charge >= 0.3 is 0 Å². The Kier molecular flexibility index (Phi) is 5.17. The monoisotopic (exact) mass is 301 g/mol. The second-order valence-electron chi connectivity index (χ2n) is 5.54. The van der Waals surface area contributed by atoms with E-state index in [0.29, 0.717) is 21.7 Å². The lowest BCUT2D eigenvalue weighted by molar-refractivity contribution is 0.274. The number of rotatable bonds is 4. The predicted octanol–water partition coefficient (Wildman–Crippen LogP) is 4.60. The summed E-state index contributed by atoms with van der Waals surface area (Å²) in [6.07, 6.45) is 6.58. The van der Waals surface area contributed by atoms with Crippen LogP contribution < -0.4 is 11.1 Å². The van der Waals surface area contributed by atoms with Crippen LogP contribution in [0.15, 0.2) is 6.07 Å². The molecule has 1 fully saturated rings. The van der Waals surface area contributed by atoms with Crippen LogP contribution in [0.2, 0.25) is 10.0 Å². The number of aromatic nitrogens is 1. The molecule has 19 heavy (non-hydrogen) atoms. The van der Waals surface area contributed by atoms with Crippen molar-refractivity contribution in [2.45, 2.75) is 39.0 Å². The van der Waals surface area contributed by atoms with Crippen LogP contribution in [0.5, 0.6) is 0 Å². The Labute approximate surface area is 124 Å². The van der Waals surface area contributed by atoms with Crippen molar-refractivity contribution in [3.63, 3.8) is 0 Å². The molecule has 1 saturated carbocycles. The minimum absolute atomic E-state index is 0.319. The van der Waals surface area contributed by atoms with Gasteiger partial charge in [0.15, 0.2) is 0 Å². The molecule has 1 aromatic heterocycles. The van der Waals surface area contributed by atoms with Crippen LogP contribution in [0.1, 0.15) is 39.0 Å².